The highest BCUT2D eigenvalue weighted by Gasteiger charge is 2.29. The van der Waals surface area contributed by atoms with Crippen molar-refractivity contribution in [3.05, 3.63) is 58.1 Å². The average Bonchev–Trinajstić information content (AvgIpc) is 2.76. The summed E-state index contributed by atoms with van der Waals surface area (Å²) in [6.45, 7) is 0.989. The lowest BCUT2D eigenvalue weighted by Gasteiger charge is -2.26. The van der Waals surface area contributed by atoms with E-state index in [1.54, 1.807) is 30.3 Å². The summed E-state index contributed by atoms with van der Waals surface area (Å²) in [5.41, 5.74) is 0.945. The van der Waals surface area contributed by atoms with Gasteiger partial charge in [0.05, 0.1) is 22.8 Å². The van der Waals surface area contributed by atoms with Gasteiger partial charge in [-0.05, 0) is 48.7 Å². The summed E-state index contributed by atoms with van der Waals surface area (Å²) >= 11 is 12.0. The van der Waals surface area contributed by atoms with Gasteiger partial charge in [-0.15, -0.1) is 0 Å². The normalized spacial score (nSPS) is 15.3. The van der Waals surface area contributed by atoms with Gasteiger partial charge < -0.3 is 10.1 Å². The molecule has 2 aromatic rings. The highest BCUT2D eigenvalue weighted by Crippen LogP contribution is 2.31. The number of anilines is 1. The van der Waals surface area contributed by atoms with E-state index in [0.717, 1.165) is 19.3 Å². The Balaban J connectivity index is 1.82. The standard InChI is InChI=1S/C21H22Cl2N2O4S/c1-29-18-10-8-15(14-19(18)30(27,28)25-12-3-2-4-13-25)9-11-20(26)24-17-7-5-6-16(22)21(17)23/h5-11,14H,2-4,12-13H2,1H3,(H,24,26)/b11-9+. The molecule has 1 amide bonds. The third kappa shape index (κ3) is 5.16. The molecule has 0 bridgehead atoms. The van der Waals surface area contributed by atoms with Crippen LogP contribution in [0.3, 0.4) is 0 Å². The minimum atomic E-state index is -3.68. The van der Waals surface area contributed by atoms with Gasteiger partial charge >= 0.3 is 0 Å². The van der Waals surface area contributed by atoms with Gasteiger partial charge in [-0.2, -0.15) is 4.31 Å². The molecule has 0 atom stereocenters. The number of rotatable bonds is 6. The second-order valence-electron chi connectivity index (χ2n) is 6.80. The van der Waals surface area contributed by atoms with Gasteiger partial charge in [0.25, 0.3) is 0 Å². The van der Waals surface area contributed by atoms with Crippen LogP contribution in [0.25, 0.3) is 6.08 Å². The molecule has 0 aromatic heterocycles. The van der Waals surface area contributed by atoms with Crippen molar-refractivity contribution in [3.63, 3.8) is 0 Å². The van der Waals surface area contributed by atoms with Gasteiger partial charge in [0.15, 0.2) is 0 Å². The first-order valence-electron chi connectivity index (χ1n) is 9.44. The molecule has 9 heteroatoms. The Hall–Kier alpha value is -2.06. The number of amides is 1. The number of ether oxygens (including phenoxy) is 1. The van der Waals surface area contributed by atoms with Gasteiger partial charge in [-0.3, -0.25) is 4.79 Å². The van der Waals surface area contributed by atoms with Crippen molar-refractivity contribution in [2.24, 2.45) is 0 Å². The third-order valence-electron chi connectivity index (χ3n) is 4.76. The molecule has 3 rings (SSSR count). The van der Waals surface area contributed by atoms with Crippen molar-refractivity contribution >= 4 is 50.9 Å². The number of halogens is 2. The maximum Gasteiger partial charge on any atom is 0.248 e. The number of hydrogen-bond acceptors (Lipinski definition) is 4. The van der Waals surface area contributed by atoms with Gasteiger partial charge in [0.1, 0.15) is 10.6 Å². The molecule has 30 heavy (non-hydrogen) atoms. The van der Waals surface area contributed by atoms with Gasteiger partial charge in [-0.1, -0.05) is 41.8 Å². The van der Waals surface area contributed by atoms with Crippen LogP contribution in [0.4, 0.5) is 5.69 Å². The molecule has 1 aliphatic rings. The molecule has 1 heterocycles. The zero-order valence-electron chi connectivity index (χ0n) is 16.4. The highest BCUT2D eigenvalue weighted by atomic mass is 35.5. The second kappa shape index (κ2) is 9.83. The van der Waals surface area contributed by atoms with Crippen LogP contribution in [0, 0.1) is 0 Å². The summed E-state index contributed by atoms with van der Waals surface area (Å²) in [5, 5.41) is 3.23. The van der Waals surface area contributed by atoms with Gasteiger partial charge in [-0.25, -0.2) is 8.42 Å². The first kappa shape index (κ1) is 22.6. The Labute approximate surface area is 186 Å². The molecule has 0 spiro atoms. The monoisotopic (exact) mass is 468 g/mol. The predicted octanol–water partition coefficient (Wildman–Crippen LogP) is 4.83. The Morgan fingerprint density at radius 2 is 1.87 bits per heavy atom. The quantitative estimate of drug-likeness (QED) is 0.615. The number of nitrogens with zero attached hydrogens (tertiary/aromatic N) is 1. The molecule has 0 radical (unpaired) electrons. The zero-order chi connectivity index (χ0) is 21.7. The van der Waals surface area contributed by atoms with Gasteiger partial charge in [0.2, 0.25) is 15.9 Å². The lowest BCUT2D eigenvalue weighted by atomic mass is 10.2. The summed E-state index contributed by atoms with van der Waals surface area (Å²) in [4.78, 5) is 12.3. The lowest BCUT2D eigenvalue weighted by molar-refractivity contribution is -0.111. The highest BCUT2D eigenvalue weighted by molar-refractivity contribution is 7.89. The van der Waals surface area contributed by atoms with E-state index in [2.05, 4.69) is 5.32 Å². The van der Waals surface area contributed by atoms with Crippen LogP contribution >= 0.6 is 23.2 Å². The smallest absolute Gasteiger partial charge is 0.248 e. The molecule has 0 saturated carbocycles. The van der Waals surface area contributed by atoms with E-state index in [1.807, 2.05) is 0 Å². The van der Waals surface area contributed by atoms with E-state index in [4.69, 9.17) is 27.9 Å². The largest absolute Gasteiger partial charge is 0.495 e. The van der Waals surface area contributed by atoms with Crippen molar-refractivity contribution < 1.29 is 17.9 Å². The van der Waals surface area contributed by atoms with E-state index in [-0.39, 0.29) is 15.7 Å². The number of sulfonamides is 1. The maximum absolute atomic E-state index is 13.1. The summed E-state index contributed by atoms with van der Waals surface area (Å²) in [5.74, 6) is -0.150. The van der Waals surface area contributed by atoms with Crippen molar-refractivity contribution in [1.82, 2.24) is 4.31 Å². The van der Waals surface area contributed by atoms with Crippen molar-refractivity contribution in [1.29, 1.82) is 0 Å². The SMILES string of the molecule is COc1ccc(/C=C/C(=O)Nc2cccc(Cl)c2Cl)cc1S(=O)(=O)N1CCCCC1. The molecule has 0 aliphatic carbocycles. The summed E-state index contributed by atoms with van der Waals surface area (Å²) in [6, 6.07) is 9.72. The zero-order valence-corrected chi connectivity index (χ0v) is 18.7. The summed E-state index contributed by atoms with van der Waals surface area (Å²) < 4.78 is 32.9. The van der Waals surface area contributed by atoms with Crippen LogP contribution in [0.5, 0.6) is 5.75 Å². The molecule has 1 aliphatic heterocycles. The fourth-order valence-corrected chi connectivity index (χ4v) is 5.25. The van der Waals surface area contributed by atoms with E-state index in [9.17, 15) is 13.2 Å². The van der Waals surface area contributed by atoms with E-state index >= 15 is 0 Å². The fourth-order valence-electron chi connectivity index (χ4n) is 3.19. The molecular weight excluding hydrogens is 447 g/mol. The number of carbonyl (C=O) groups is 1. The molecule has 6 nitrogen and oxygen atoms in total. The summed E-state index contributed by atoms with van der Waals surface area (Å²) in [6.07, 6.45) is 5.54. The molecular formula is C21H22Cl2N2O4S. The third-order valence-corrected chi connectivity index (χ3v) is 7.50. The molecule has 1 N–H and O–H groups in total. The molecule has 2 aromatic carbocycles. The topological polar surface area (TPSA) is 75.7 Å². The average molecular weight is 469 g/mol. The van der Waals surface area contributed by atoms with Crippen LogP contribution in [0.1, 0.15) is 24.8 Å². The number of benzene rings is 2. The lowest BCUT2D eigenvalue weighted by Crippen LogP contribution is -2.35. The molecule has 0 unspecified atom stereocenters. The number of piperidine rings is 1. The van der Waals surface area contributed by atoms with Crippen LogP contribution in [-0.4, -0.2) is 38.8 Å². The van der Waals surface area contributed by atoms with Crippen molar-refractivity contribution in [2.45, 2.75) is 24.2 Å². The van der Waals surface area contributed by atoms with Crippen LogP contribution in [-0.2, 0) is 14.8 Å². The molecule has 160 valence electrons. The second-order valence-corrected chi connectivity index (χ2v) is 9.49. The molecule has 1 fully saturated rings. The predicted molar refractivity (Wildman–Crippen MR) is 120 cm³/mol. The van der Waals surface area contributed by atoms with E-state index in [1.165, 1.54) is 29.6 Å². The Kier molecular flexibility index (Phi) is 7.41. The van der Waals surface area contributed by atoms with E-state index < -0.39 is 15.9 Å². The Morgan fingerprint density at radius 3 is 2.57 bits per heavy atom. The number of carbonyl (C=O) groups excluding carboxylic acids is 1. The van der Waals surface area contributed by atoms with Crippen LogP contribution < -0.4 is 10.1 Å². The Morgan fingerprint density at radius 1 is 1.13 bits per heavy atom. The first-order valence-corrected chi connectivity index (χ1v) is 11.6. The maximum atomic E-state index is 13.1. The van der Waals surface area contributed by atoms with E-state index in [0.29, 0.717) is 29.4 Å². The van der Waals surface area contributed by atoms with Crippen molar-refractivity contribution in [2.75, 3.05) is 25.5 Å². The number of methoxy groups -OCH3 is 1. The first-order chi connectivity index (χ1) is 14.3. The summed E-state index contributed by atoms with van der Waals surface area (Å²) in [7, 11) is -2.25. The fraction of sp³-hybridized carbons (Fsp3) is 0.286. The van der Waals surface area contributed by atoms with Crippen LogP contribution in [0.2, 0.25) is 10.0 Å². The minimum absolute atomic E-state index is 0.0901. The van der Waals surface area contributed by atoms with Gasteiger partial charge in [0, 0.05) is 19.2 Å². The number of hydrogen-bond donors (Lipinski definition) is 1. The Bertz CT molecular complexity index is 1060. The van der Waals surface area contributed by atoms with Crippen LogP contribution in [0.15, 0.2) is 47.4 Å². The van der Waals surface area contributed by atoms with Crippen molar-refractivity contribution in [3.8, 4) is 5.75 Å². The minimum Gasteiger partial charge on any atom is -0.495 e. The number of nitrogens with one attached hydrogen (secondary N) is 1. The molecule has 1 saturated heterocycles.